The lowest BCUT2D eigenvalue weighted by Crippen LogP contribution is -2.14. The molecule has 0 spiro atoms. The van der Waals surface area contributed by atoms with Gasteiger partial charge < -0.3 is 8.98 Å². The number of furan rings is 1. The lowest BCUT2D eigenvalue weighted by molar-refractivity contribution is 0.661. The molecule has 0 aliphatic heterocycles. The Kier molecular flexibility index (Phi) is 6.03. The van der Waals surface area contributed by atoms with Crippen molar-refractivity contribution in [2.24, 2.45) is 0 Å². The molecule has 254 valence electrons. The van der Waals surface area contributed by atoms with Gasteiger partial charge in [-0.3, -0.25) is 0 Å². The van der Waals surface area contributed by atoms with Crippen molar-refractivity contribution in [1.29, 1.82) is 0 Å². The Balaban J connectivity index is 1.06. The van der Waals surface area contributed by atoms with Crippen molar-refractivity contribution in [3.8, 4) is 39.1 Å². The Morgan fingerprint density at radius 3 is 2.02 bits per heavy atom. The van der Waals surface area contributed by atoms with Gasteiger partial charge in [0, 0.05) is 63.9 Å². The van der Waals surface area contributed by atoms with Crippen LogP contribution in [0.2, 0.25) is 0 Å². The number of fused-ring (bicyclic) bond motifs is 13. The third-order valence-electron chi connectivity index (χ3n) is 12.0. The summed E-state index contributed by atoms with van der Waals surface area (Å²) in [5.74, 6) is 0. The van der Waals surface area contributed by atoms with Crippen molar-refractivity contribution >= 4 is 75.3 Å². The highest BCUT2D eigenvalue weighted by Gasteiger charge is 2.37. The van der Waals surface area contributed by atoms with E-state index in [1.165, 1.54) is 75.4 Å². The minimum Gasteiger partial charge on any atom is -0.455 e. The molecular formula is C51H33NOS. The molecule has 0 atom stereocenters. The summed E-state index contributed by atoms with van der Waals surface area (Å²) in [4.78, 5) is 0. The van der Waals surface area contributed by atoms with Crippen LogP contribution in [0.15, 0.2) is 168 Å². The lowest BCUT2D eigenvalue weighted by atomic mass is 9.81. The topological polar surface area (TPSA) is 18.1 Å². The van der Waals surface area contributed by atoms with Crippen LogP contribution in [0, 0.1) is 0 Å². The fourth-order valence-electron chi connectivity index (χ4n) is 9.38. The third-order valence-corrected chi connectivity index (χ3v) is 13.2. The first-order chi connectivity index (χ1) is 26.5. The fraction of sp³-hybridized carbons (Fsp3) is 0.0588. The van der Waals surface area contributed by atoms with Crippen molar-refractivity contribution in [1.82, 2.24) is 4.57 Å². The Bertz CT molecular complexity index is 3360. The largest absolute Gasteiger partial charge is 0.455 e. The predicted molar refractivity (Wildman–Crippen MR) is 229 cm³/mol. The quantitative estimate of drug-likeness (QED) is 0.179. The van der Waals surface area contributed by atoms with Gasteiger partial charge >= 0.3 is 0 Å². The van der Waals surface area contributed by atoms with Gasteiger partial charge in [-0.2, -0.15) is 0 Å². The minimum atomic E-state index is -0.106. The maximum atomic E-state index is 6.50. The molecule has 0 saturated heterocycles. The maximum Gasteiger partial charge on any atom is 0.143 e. The first kappa shape index (κ1) is 30.1. The highest BCUT2D eigenvalue weighted by molar-refractivity contribution is 7.26. The van der Waals surface area contributed by atoms with E-state index in [4.69, 9.17) is 4.42 Å². The van der Waals surface area contributed by atoms with Gasteiger partial charge in [0.1, 0.15) is 11.2 Å². The molecule has 0 fully saturated rings. The third kappa shape index (κ3) is 4.05. The number of para-hydroxylation sites is 3. The molecule has 0 radical (unpaired) electrons. The van der Waals surface area contributed by atoms with E-state index < -0.39 is 0 Å². The van der Waals surface area contributed by atoms with E-state index in [0.717, 1.165) is 38.8 Å². The molecule has 1 aliphatic carbocycles. The molecule has 2 nitrogen and oxygen atoms in total. The highest BCUT2D eigenvalue weighted by Crippen LogP contribution is 2.54. The standard InChI is InChI=1S/C51H33NOS/c1-51(2)42-24-23-38-36-14-7-9-18-47(36)54-50(38)48(42)39-22-19-31(29-43(39)51)30-20-25-44-40(27-30)41-28-32(21-26-45(41)52(44)33-11-4-3-5-12-33)34-15-10-16-37-35-13-6-8-17-46(35)53-49(34)37/h3-29H,1-2H3. The molecule has 3 heterocycles. The lowest BCUT2D eigenvalue weighted by Gasteiger charge is -2.22. The normalized spacial score (nSPS) is 13.5. The summed E-state index contributed by atoms with van der Waals surface area (Å²) in [6, 6.07) is 60.2. The van der Waals surface area contributed by atoms with Gasteiger partial charge in [-0.1, -0.05) is 123 Å². The molecule has 12 rings (SSSR count). The van der Waals surface area contributed by atoms with Crippen LogP contribution in [0.4, 0.5) is 0 Å². The van der Waals surface area contributed by atoms with Crippen LogP contribution < -0.4 is 0 Å². The second-order valence-electron chi connectivity index (χ2n) is 15.3. The Morgan fingerprint density at radius 2 is 1.17 bits per heavy atom. The molecule has 0 unspecified atom stereocenters. The van der Waals surface area contributed by atoms with E-state index >= 15 is 0 Å². The fourth-order valence-corrected chi connectivity index (χ4v) is 10.6. The van der Waals surface area contributed by atoms with Gasteiger partial charge in [0.15, 0.2) is 0 Å². The van der Waals surface area contributed by atoms with Crippen LogP contribution in [0.1, 0.15) is 25.0 Å². The SMILES string of the molecule is CC1(C)c2cc(-c3ccc4c(c3)c3cc(-c5cccc6c5oc5ccccc56)ccc3n4-c3ccccc3)ccc2-c2c1ccc1c2sc2ccccc21. The summed E-state index contributed by atoms with van der Waals surface area (Å²) in [6.07, 6.45) is 0. The zero-order chi connectivity index (χ0) is 35.7. The summed E-state index contributed by atoms with van der Waals surface area (Å²) < 4.78 is 11.7. The second-order valence-corrected chi connectivity index (χ2v) is 16.3. The van der Waals surface area contributed by atoms with Gasteiger partial charge in [-0.15, -0.1) is 11.3 Å². The summed E-state index contributed by atoms with van der Waals surface area (Å²) in [7, 11) is 0. The van der Waals surface area contributed by atoms with E-state index in [0.29, 0.717) is 0 Å². The number of thiophene rings is 1. The highest BCUT2D eigenvalue weighted by atomic mass is 32.1. The van der Waals surface area contributed by atoms with Crippen molar-refractivity contribution in [2.45, 2.75) is 19.3 Å². The van der Waals surface area contributed by atoms with Gasteiger partial charge in [0.25, 0.3) is 0 Å². The van der Waals surface area contributed by atoms with E-state index in [2.05, 4.69) is 176 Å². The molecule has 0 amide bonds. The number of benzene rings is 8. The van der Waals surface area contributed by atoms with E-state index in [-0.39, 0.29) is 5.41 Å². The van der Waals surface area contributed by atoms with Crippen LogP contribution in [-0.4, -0.2) is 4.57 Å². The molecule has 0 N–H and O–H groups in total. The van der Waals surface area contributed by atoms with Crippen LogP contribution in [0.3, 0.4) is 0 Å². The summed E-state index contributed by atoms with van der Waals surface area (Å²) in [6.45, 7) is 4.78. The van der Waals surface area contributed by atoms with Crippen molar-refractivity contribution in [2.75, 3.05) is 0 Å². The van der Waals surface area contributed by atoms with Crippen LogP contribution in [0.5, 0.6) is 0 Å². The van der Waals surface area contributed by atoms with Gasteiger partial charge in [0.2, 0.25) is 0 Å². The predicted octanol–water partition coefficient (Wildman–Crippen LogP) is 14.7. The molecule has 8 aromatic carbocycles. The molecule has 3 heteroatoms. The number of hydrogen-bond donors (Lipinski definition) is 0. The zero-order valence-corrected chi connectivity index (χ0v) is 30.7. The van der Waals surface area contributed by atoms with Crippen molar-refractivity contribution in [3.05, 3.63) is 175 Å². The molecule has 3 aromatic heterocycles. The van der Waals surface area contributed by atoms with E-state index in [1.54, 1.807) is 0 Å². The van der Waals surface area contributed by atoms with Gasteiger partial charge in [0.05, 0.1) is 11.0 Å². The van der Waals surface area contributed by atoms with Crippen LogP contribution in [0.25, 0.3) is 103 Å². The average molecular weight is 708 g/mol. The molecule has 54 heavy (non-hydrogen) atoms. The first-order valence-corrected chi connectivity index (χ1v) is 19.5. The van der Waals surface area contributed by atoms with Crippen molar-refractivity contribution in [3.63, 3.8) is 0 Å². The molecule has 1 aliphatic rings. The van der Waals surface area contributed by atoms with Crippen molar-refractivity contribution < 1.29 is 4.42 Å². The number of nitrogens with zero attached hydrogens (tertiary/aromatic N) is 1. The maximum absolute atomic E-state index is 6.50. The molecular weight excluding hydrogens is 675 g/mol. The van der Waals surface area contributed by atoms with Crippen LogP contribution >= 0.6 is 11.3 Å². The van der Waals surface area contributed by atoms with E-state index in [1.807, 2.05) is 17.4 Å². The summed E-state index contributed by atoms with van der Waals surface area (Å²) >= 11 is 1.93. The monoisotopic (exact) mass is 707 g/mol. The Morgan fingerprint density at radius 1 is 0.481 bits per heavy atom. The smallest absolute Gasteiger partial charge is 0.143 e. The minimum absolute atomic E-state index is 0.106. The molecule has 0 saturated carbocycles. The second kappa shape index (κ2) is 10.8. The molecule has 0 bridgehead atoms. The van der Waals surface area contributed by atoms with Crippen LogP contribution in [-0.2, 0) is 5.41 Å². The average Bonchev–Trinajstić information content (AvgIpc) is 3.94. The number of rotatable bonds is 3. The van der Waals surface area contributed by atoms with Gasteiger partial charge in [-0.25, -0.2) is 0 Å². The first-order valence-electron chi connectivity index (χ1n) is 18.7. The van der Waals surface area contributed by atoms with Gasteiger partial charge in [-0.05, 0) is 88.0 Å². The summed E-state index contributed by atoms with van der Waals surface area (Å²) in [5, 5.41) is 7.46. The van der Waals surface area contributed by atoms with E-state index in [9.17, 15) is 0 Å². The Hall–Kier alpha value is -6.42. The summed E-state index contributed by atoms with van der Waals surface area (Å²) in [5.41, 5.74) is 15.6. The zero-order valence-electron chi connectivity index (χ0n) is 29.9. The Labute approximate surface area is 316 Å². The molecule has 11 aromatic rings. The number of hydrogen-bond acceptors (Lipinski definition) is 2. The number of aromatic nitrogens is 1.